The van der Waals surface area contributed by atoms with Crippen LogP contribution in [0, 0.1) is 10.8 Å². The SMILES string of the molecule is O=C1CCCC[C@H]1[C@@H]1CCCCCN1C(=O)c1ccc2[nH]c(=S)oc2c1. The van der Waals surface area contributed by atoms with E-state index in [1.54, 1.807) is 6.07 Å². The van der Waals surface area contributed by atoms with Crippen molar-refractivity contribution in [3.8, 4) is 0 Å². The lowest BCUT2D eigenvalue weighted by Gasteiger charge is -2.37. The zero-order chi connectivity index (χ0) is 18.1. The third kappa shape index (κ3) is 3.34. The highest BCUT2D eigenvalue weighted by Crippen LogP contribution is 2.32. The topological polar surface area (TPSA) is 66.3 Å². The van der Waals surface area contributed by atoms with Crippen LogP contribution in [-0.4, -0.2) is 34.2 Å². The Hall–Kier alpha value is -1.95. The summed E-state index contributed by atoms with van der Waals surface area (Å²) in [5.74, 6) is 0.345. The van der Waals surface area contributed by atoms with E-state index in [-0.39, 0.29) is 17.9 Å². The molecule has 138 valence electrons. The van der Waals surface area contributed by atoms with Crippen LogP contribution in [0.15, 0.2) is 22.6 Å². The molecule has 0 bridgehead atoms. The van der Waals surface area contributed by atoms with Gasteiger partial charge < -0.3 is 14.3 Å². The number of hydrogen-bond acceptors (Lipinski definition) is 4. The Balaban J connectivity index is 1.65. The van der Waals surface area contributed by atoms with Gasteiger partial charge in [0, 0.05) is 30.5 Å². The van der Waals surface area contributed by atoms with Gasteiger partial charge in [-0.15, -0.1) is 0 Å². The first-order valence-electron chi connectivity index (χ1n) is 9.60. The van der Waals surface area contributed by atoms with Crippen molar-refractivity contribution >= 4 is 35.0 Å². The minimum absolute atomic E-state index is 0.000471. The summed E-state index contributed by atoms with van der Waals surface area (Å²) in [5.41, 5.74) is 1.99. The summed E-state index contributed by atoms with van der Waals surface area (Å²) in [6.07, 6.45) is 7.79. The maximum Gasteiger partial charge on any atom is 0.266 e. The molecule has 6 heteroatoms. The number of oxazole rings is 1. The maximum atomic E-state index is 13.3. The molecule has 2 atom stereocenters. The number of hydrogen-bond donors (Lipinski definition) is 1. The second-order valence-electron chi connectivity index (χ2n) is 7.46. The quantitative estimate of drug-likeness (QED) is 0.780. The molecular formula is C20H24N2O3S. The Bertz CT molecular complexity index is 885. The zero-order valence-corrected chi connectivity index (χ0v) is 15.6. The van der Waals surface area contributed by atoms with Gasteiger partial charge >= 0.3 is 0 Å². The molecule has 1 saturated heterocycles. The maximum absolute atomic E-state index is 13.3. The van der Waals surface area contributed by atoms with E-state index in [2.05, 4.69) is 4.98 Å². The fourth-order valence-corrected chi connectivity index (χ4v) is 4.67. The average molecular weight is 372 g/mol. The number of aromatic amines is 1. The Morgan fingerprint density at radius 1 is 1.15 bits per heavy atom. The van der Waals surface area contributed by atoms with Crippen molar-refractivity contribution in [2.45, 2.75) is 57.4 Å². The van der Waals surface area contributed by atoms with E-state index in [4.69, 9.17) is 16.6 Å². The lowest BCUT2D eigenvalue weighted by atomic mass is 9.80. The summed E-state index contributed by atoms with van der Waals surface area (Å²) in [5, 5.41) is 0. The molecule has 1 amide bonds. The number of fused-ring (bicyclic) bond motifs is 1. The molecule has 0 radical (unpaired) electrons. The monoisotopic (exact) mass is 372 g/mol. The molecule has 0 spiro atoms. The molecule has 1 aromatic heterocycles. The Labute approximate surface area is 157 Å². The van der Waals surface area contributed by atoms with Crippen molar-refractivity contribution in [1.29, 1.82) is 0 Å². The van der Waals surface area contributed by atoms with Crippen molar-refractivity contribution in [1.82, 2.24) is 9.88 Å². The molecule has 1 N–H and O–H groups in total. The summed E-state index contributed by atoms with van der Waals surface area (Å²) in [6.45, 7) is 0.724. The minimum atomic E-state index is -0.000471. The fraction of sp³-hybridized carbons (Fsp3) is 0.550. The molecule has 1 aliphatic carbocycles. The molecule has 5 nitrogen and oxygen atoms in total. The minimum Gasteiger partial charge on any atom is -0.429 e. The average Bonchev–Trinajstić information content (AvgIpc) is 2.85. The van der Waals surface area contributed by atoms with Gasteiger partial charge in [0.05, 0.1) is 5.52 Å². The van der Waals surface area contributed by atoms with E-state index in [1.165, 1.54) is 0 Å². The van der Waals surface area contributed by atoms with Crippen LogP contribution < -0.4 is 0 Å². The highest BCUT2D eigenvalue weighted by Gasteiger charge is 2.37. The van der Waals surface area contributed by atoms with Gasteiger partial charge in [-0.1, -0.05) is 19.3 Å². The van der Waals surface area contributed by atoms with Crippen molar-refractivity contribution in [2.75, 3.05) is 6.54 Å². The van der Waals surface area contributed by atoms with E-state index in [0.29, 0.717) is 28.2 Å². The predicted molar refractivity (Wildman–Crippen MR) is 102 cm³/mol. The van der Waals surface area contributed by atoms with E-state index < -0.39 is 0 Å². The van der Waals surface area contributed by atoms with Crippen LogP contribution >= 0.6 is 12.2 Å². The first kappa shape index (κ1) is 17.5. The zero-order valence-electron chi connectivity index (χ0n) is 14.8. The number of nitrogens with zero attached hydrogens (tertiary/aromatic N) is 1. The van der Waals surface area contributed by atoms with Gasteiger partial charge in [-0.25, -0.2) is 0 Å². The smallest absolute Gasteiger partial charge is 0.266 e. The van der Waals surface area contributed by atoms with Crippen molar-refractivity contribution in [3.63, 3.8) is 0 Å². The predicted octanol–water partition coefficient (Wildman–Crippen LogP) is 4.63. The molecule has 4 rings (SSSR count). The summed E-state index contributed by atoms with van der Waals surface area (Å²) >= 11 is 5.03. The van der Waals surface area contributed by atoms with E-state index in [9.17, 15) is 9.59 Å². The number of carbonyl (C=O) groups is 2. The molecule has 2 fully saturated rings. The molecule has 1 aromatic carbocycles. The second-order valence-corrected chi connectivity index (χ2v) is 7.83. The summed E-state index contributed by atoms with van der Waals surface area (Å²) in [6, 6.07) is 5.44. The van der Waals surface area contributed by atoms with Crippen LogP contribution in [0.3, 0.4) is 0 Å². The molecule has 2 aliphatic rings. The van der Waals surface area contributed by atoms with Crippen LogP contribution in [0.5, 0.6) is 0 Å². The molecule has 26 heavy (non-hydrogen) atoms. The molecule has 2 heterocycles. The first-order valence-corrected chi connectivity index (χ1v) is 10.0. The van der Waals surface area contributed by atoms with Gasteiger partial charge in [0.25, 0.3) is 10.7 Å². The number of rotatable bonds is 2. The lowest BCUT2D eigenvalue weighted by Crippen LogP contribution is -2.47. The Kier molecular flexibility index (Phi) is 4.94. The molecule has 1 saturated carbocycles. The van der Waals surface area contributed by atoms with Gasteiger partial charge in [-0.2, -0.15) is 0 Å². The highest BCUT2D eigenvalue weighted by molar-refractivity contribution is 7.71. The van der Waals surface area contributed by atoms with Crippen molar-refractivity contribution in [3.05, 3.63) is 28.6 Å². The summed E-state index contributed by atoms with van der Waals surface area (Å²) < 4.78 is 5.47. The Morgan fingerprint density at radius 3 is 2.85 bits per heavy atom. The van der Waals surface area contributed by atoms with E-state index >= 15 is 0 Å². The van der Waals surface area contributed by atoms with E-state index in [0.717, 1.165) is 57.0 Å². The number of benzene rings is 1. The van der Waals surface area contributed by atoms with Crippen LogP contribution in [-0.2, 0) is 4.79 Å². The first-order chi connectivity index (χ1) is 12.6. The normalized spacial score (nSPS) is 24.6. The molecular weight excluding hydrogens is 348 g/mol. The van der Waals surface area contributed by atoms with Gasteiger partial charge in [0.15, 0.2) is 5.58 Å². The molecule has 1 aliphatic heterocycles. The van der Waals surface area contributed by atoms with Gasteiger partial charge in [0.1, 0.15) is 5.78 Å². The summed E-state index contributed by atoms with van der Waals surface area (Å²) in [7, 11) is 0. The van der Waals surface area contributed by atoms with Crippen LogP contribution in [0.25, 0.3) is 11.1 Å². The van der Waals surface area contributed by atoms with E-state index in [1.807, 2.05) is 17.0 Å². The van der Waals surface area contributed by atoms with Crippen molar-refractivity contribution < 1.29 is 14.0 Å². The number of aromatic nitrogens is 1. The number of Topliss-reactive ketones (excluding diaryl/α,β-unsaturated/α-hetero) is 1. The highest BCUT2D eigenvalue weighted by atomic mass is 32.1. The fourth-order valence-electron chi connectivity index (χ4n) is 4.47. The van der Waals surface area contributed by atoms with Gasteiger partial charge in [-0.3, -0.25) is 9.59 Å². The Morgan fingerprint density at radius 2 is 2.00 bits per heavy atom. The van der Waals surface area contributed by atoms with Crippen LogP contribution in [0.2, 0.25) is 0 Å². The van der Waals surface area contributed by atoms with Gasteiger partial charge in [-0.05, 0) is 56.1 Å². The number of carbonyl (C=O) groups excluding carboxylic acids is 2. The number of amides is 1. The largest absolute Gasteiger partial charge is 0.429 e. The van der Waals surface area contributed by atoms with Gasteiger partial charge in [0.2, 0.25) is 0 Å². The standard InChI is InChI=1S/C20H24N2O3S/c23-17-8-4-3-6-14(17)16-7-2-1-5-11-22(16)19(24)13-9-10-15-18(12-13)25-20(26)21-15/h9-10,12,14,16H,1-8,11H2,(H,21,26)/t14-,16-/m0/s1. The number of likely N-dealkylation sites (tertiary alicyclic amines) is 1. The van der Waals surface area contributed by atoms with Crippen LogP contribution in [0.1, 0.15) is 61.7 Å². The van der Waals surface area contributed by atoms with Crippen molar-refractivity contribution in [2.24, 2.45) is 5.92 Å². The number of nitrogens with one attached hydrogen (secondary N) is 1. The summed E-state index contributed by atoms with van der Waals surface area (Å²) in [4.78, 5) is 31.0. The third-order valence-electron chi connectivity index (χ3n) is 5.79. The number of H-pyrrole nitrogens is 1. The molecule has 0 unspecified atom stereocenters. The van der Waals surface area contributed by atoms with Crippen LogP contribution in [0.4, 0.5) is 0 Å². The third-order valence-corrected chi connectivity index (χ3v) is 5.98. The second kappa shape index (κ2) is 7.35. The molecule has 2 aromatic rings. The number of ketones is 1. The lowest BCUT2D eigenvalue weighted by molar-refractivity contribution is -0.126.